The Balaban J connectivity index is 0. The van der Waals surface area contributed by atoms with E-state index in [9.17, 15) is 0 Å². The van der Waals surface area contributed by atoms with Crippen LogP contribution in [0.2, 0.25) is 26.3 Å². The Morgan fingerprint density at radius 3 is 1.12 bits per heavy atom. The van der Waals surface area contributed by atoms with Crippen molar-refractivity contribution in [2.75, 3.05) is 0 Å². The van der Waals surface area contributed by atoms with E-state index in [4.69, 9.17) is 10.0 Å². The van der Waals surface area contributed by atoms with Crippen molar-refractivity contribution in [1.29, 1.82) is 0 Å². The molecule has 0 bridgehead atoms. The quantitative estimate of drug-likeness (QED) is 0.604. The molecule has 0 saturated heterocycles. The van der Waals surface area contributed by atoms with Crippen LogP contribution in [0.4, 0.5) is 0 Å². The second-order valence-corrected chi connectivity index (χ2v) is 18.6. The van der Waals surface area contributed by atoms with Gasteiger partial charge in [-0.15, -0.1) is 0 Å². The van der Waals surface area contributed by atoms with Gasteiger partial charge in [-0.25, -0.2) is 0 Å². The summed E-state index contributed by atoms with van der Waals surface area (Å²) in [6.07, 6.45) is 0. The average Bonchev–Trinajstić information content (AvgIpc) is 1.25. The first kappa shape index (κ1) is 12.3. The predicted octanol–water partition coefficient (Wildman–Crippen LogP) is 2.85. The molecule has 0 spiro atoms. The standard InChI is InChI=1S/C2H6ClGe.3CH3.Sn/c1-4(2)3;;;;/h1-2H3;3*1H3;. The van der Waals surface area contributed by atoms with Crippen LogP contribution >= 0.6 is 10.0 Å². The van der Waals surface area contributed by atoms with Crippen molar-refractivity contribution in [3.63, 3.8) is 0 Å². The fraction of sp³-hybridized carbons (Fsp3) is 1.00. The second-order valence-electron chi connectivity index (χ2n) is 2.38. The van der Waals surface area contributed by atoms with Crippen LogP contribution in [0.15, 0.2) is 0 Å². The summed E-state index contributed by atoms with van der Waals surface area (Å²) in [7, 11) is 5.44. The van der Waals surface area contributed by atoms with E-state index >= 15 is 0 Å². The molecule has 0 nitrogen and oxygen atoms in total. The van der Waals surface area contributed by atoms with Gasteiger partial charge in [-0.2, -0.15) is 0 Å². The van der Waals surface area contributed by atoms with Crippen LogP contribution in [0.5, 0.6) is 0 Å². The molecule has 0 aromatic rings. The van der Waals surface area contributed by atoms with Gasteiger partial charge in [0.2, 0.25) is 0 Å². The van der Waals surface area contributed by atoms with Gasteiger partial charge in [0, 0.05) is 0 Å². The van der Waals surface area contributed by atoms with Crippen molar-refractivity contribution in [2.45, 2.75) is 26.3 Å². The molecule has 0 heterocycles. The zero-order valence-corrected chi connectivity index (χ0v) is 12.1. The van der Waals surface area contributed by atoms with E-state index in [1.807, 2.05) is 0 Å². The minimum absolute atomic E-state index is 0.543. The van der Waals surface area contributed by atoms with E-state index < -0.39 is 33.2 Å². The summed E-state index contributed by atoms with van der Waals surface area (Å²) >= 11 is -1.40. The molecule has 3 heteroatoms. The molecule has 0 aliphatic heterocycles. The van der Waals surface area contributed by atoms with Crippen LogP contribution in [-0.4, -0.2) is 33.2 Å². The molecule has 0 N–H and O–H groups in total. The van der Waals surface area contributed by atoms with Gasteiger partial charge in [0.15, 0.2) is 0 Å². The Morgan fingerprint density at radius 1 is 1.12 bits per heavy atom. The average molecular weight is 302 g/mol. The third kappa shape index (κ3) is 126. The Labute approximate surface area is 69.0 Å². The topological polar surface area (TPSA) is 0 Å². The van der Waals surface area contributed by atoms with Gasteiger partial charge in [0.1, 0.15) is 0 Å². The SMILES string of the molecule is [CH3][Ge]([CH3])[Cl].[CH3][Sn]([CH3])[CH3]. The molecule has 0 rings (SSSR count). The molecular weight excluding hydrogens is 287 g/mol. The van der Waals surface area contributed by atoms with Crippen LogP contribution in [0.25, 0.3) is 0 Å². The monoisotopic (exact) mass is 304 g/mol. The molecule has 0 saturated carbocycles. The number of hydrogen-bond acceptors (Lipinski definition) is 0. The Bertz CT molecular complexity index is 27.9. The summed E-state index contributed by atoms with van der Waals surface area (Å²) in [6.45, 7) is 0. The normalized spacial score (nSPS) is 9.00. The van der Waals surface area contributed by atoms with Gasteiger partial charge in [-0.1, -0.05) is 0 Å². The molecule has 0 aromatic carbocycles. The molecule has 50 valence electrons. The Kier molecular flexibility index (Phi) is 13.3. The van der Waals surface area contributed by atoms with E-state index in [2.05, 4.69) is 26.3 Å². The fourth-order valence-corrected chi connectivity index (χ4v) is 0. The first-order valence-corrected chi connectivity index (χ1v) is 18.2. The molecule has 0 atom stereocenters. The first-order chi connectivity index (χ1) is 3.46. The number of halogens is 1. The fourth-order valence-electron chi connectivity index (χ4n) is 0. The summed E-state index contributed by atoms with van der Waals surface area (Å²) < 4.78 is 0. The van der Waals surface area contributed by atoms with Gasteiger partial charge >= 0.3 is 69.5 Å². The summed E-state index contributed by atoms with van der Waals surface area (Å²) in [5.74, 6) is 4.20. The maximum absolute atomic E-state index is 5.44. The minimum atomic E-state index is -0.861. The Morgan fingerprint density at radius 2 is 1.12 bits per heavy atom. The van der Waals surface area contributed by atoms with Crippen molar-refractivity contribution >= 4 is 43.2 Å². The summed E-state index contributed by atoms with van der Waals surface area (Å²) in [4.78, 5) is 7.09. The van der Waals surface area contributed by atoms with E-state index in [0.29, 0.717) is 0 Å². The predicted molar refractivity (Wildman–Crippen MR) is 46.7 cm³/mol. The molecule has 0 aliphatic rings. The van der Waals surface area contributed by atoms with Crippen LogP contribution in [0.3, 0.4) is 0 Å². The maximum atomic E-state index is 5.44. The molecule has 0 amide bonds. The summed E-state index contributed by atoms with van der Waals surface area (Å²) in [5.41, 5.74) is 0. The molecule has 8 heavy (non-hydrogen) atoms. The molecule has 0 aliphatic carbocycles. The molecule has 0 unspecified atom stereocenters. The van der Waals surface area contributed by atoms with Crippen molar-refractivity contribution in [3.05, 3.63) is 0 Å². The van der Waals surface area contributed by atoms with Crippen LogP contribution < -0.4 is 0 Å². The summed E-state index contributed by atoms with van der Waals surface area (Å²) in [5, 5.41) is 0. The third-order valence-electron chi connectivity index (χ3n) is 0. The van der Waals surface area contributed by atoms with Crippen molar-refractivity contribution in [3.8, 4) is 0 Å². The molecule has 0 aromatic heterocycles. The summed E-state index contributed by atoms with van der Waals surface area (Å²) in [6, 6.07) is 0. The van der Waals surface area contributed by atoms with Crippen LogP contribution in [0.1, 0.15) is 0 Å². The molecular formula is C5H15ClGeSn. The zero-order chi connectivity index (χ0) is 7.15. The number of rotatable bonds is 0. The van der Waals surface area contributed by atoms with Crippen LogP contribution in [-0.2, 0) is 0 Å². The van der Waals surface area contributed by atoms with Crippen molar-refractivity contribution in [1.82, 2.24) is 0 Å². The van der Waals surface area contributed by atoms with E-state index in [0.717, 1.165) is 0 Å². The van der Waals surface area contributed by atoms with E-state index in [-0.39, 0.29) is 0 Å². The molecule has 2 radical (unpaired) electrons. The van der Waals surface area contributed by atoms with Gasteiger partial charge < -0.3 is 0 Å². The first-order valence-electron chi connectivity index (χ1n) is 2.69. The third-order valence-corrected chi connectivity index (χ3v) is 0. The van der Waals surface area contributed by atoms with Crippen LogP contribution in [0, 0.1) is 0 Å². The van der Waals surface area contributed by atoms with Gasteiger partial charge in [0.25, 0.3) is 0 Å². The van der Waals surface area contributed by atoms with E-state index in [1.165, 1.54) is 0 Å². The van der Waals surface area contributed by atoms with Gasteiger partial charge in [-0.3, -0.25) is 0 Å². The number of hydrogen-bond donors (Lipinski definition) is 0. The molecule has 0 fully saturated rings. The van der Waals surface area contributed by atoms with Crippen molar-refractivity contribution in [2.24, 2.45) is 0 Å². The zero-order valence-electron chi connectivity index (χ0n) is 6.38. The van der Waals surface area contributed by atoms with Gasteiger partial charge in [-0.05, 0) is 0 Å². The van der Waals surface area contributed by atoms with E-state index in [1.54, 1.807) is 0 Å². The second kappa shape index (κ2) is 8.63. The van der Waals surface area contributed by atoms with Crippen molar-refractivity contribution < 1.29 is 0 Å². The Hall–Kier alpha value is 1.63. The van der Waals surface area contributed by atoms with Gasteiger partial charge in [0.05, 0.1) is 0 Å².